The molecule has 0 unspecified atom stereocenters. The second-order valence-electron chi connectivity index (χ2n) is 4.10. The van der Waals surface area contributed by atoms with Gasteiger partial charge in [-0.15, -0.1) is 0 Å². The summed E-state index contributed by atoms with van der Waals surface area (Å²) in [5.74, 6) is -0.844. The van der Waals surface area contributed by atoms with Gasteiger partial charge in [0.15, 0.2) is 0 Å². The van der Waals surface area contributed by atoms with Gasteiger partial charge in [-0.3, -0.25) is 14.3 Å². The van der Waals surface area contributed by atoms with E-state index in [0.29, 0.717) is 37.7 Å². The van der Waals surface area contributed by atoms with Crippen LogP contribution in [0, 0.1) is 0 Å². The Morgan fingerprint density at radius 1 is 1.22 bits per heavy atom. The lowest BCUT2D eigenvalue weighted by Crippen LogP contribution is -2.54. The Bertz CT molecular complexity index is 460. The number of nitrogens with zero attached hydrogens (tertiary/aromatic N) is 4. The molecule has 0 atom stereocenters. The topological polar surface area (TPSA) is 58.4 Å². The summed E-state index contributed by atoms with van der Waals surface area (Å²) in [7, 11) is 0. The van der Waals surface area contributed by atoms with Gasteiger partial charge in [0.25, 0.3) is 0 Å². The Hall–Kier alpha value is -1.56. The summed E-state index contributed by atoms with van der Waals surface area (Å²) in [6.45, 7) is 4.63. The molecule has 2 rings (SSSR count). The summed E-state index contributed by atoms with van der Waals surface area (Å²) in [6, 6.07) is 0. The standard InChI is InChI=1S/C11H15ClN4O2/c1-2-14-3-4-15(11(18)10(14)17)5-6-16-8-9(12)7-13-16/h7-8H,2-6H2,1H3. The number of amides is 2. The van der Waals surface area contributed by atoms with Crippen LogP contribution in [-0.2, 0) is 16.1 Å². The van der Waals surface area contributed by atoms with Crippen molar-refractivity contribution in [3.63, 3.8) is 0 Å². The van der Waals surface area contributed by atoms with Crippen molar-refractivity contribution in [1.29, 1.82) is 0 Å². The number of carbonyl (C=O) groups excluding carboxylic acids is 2. The maximum atomic E-state index is 11.8. The molecule has 1 aromatic heterocycles. The monoisotopic (exact) mass is 270 g/mol. The number of piperazine rings is 1. The highest BCUT2D eigenvalue weighted by Crippen LogP contribution is 2.07. The quantitative estimate of drug-likeness (QED) is 0.736. The summed E-state index contributed by atoms with van der Waals surface area (Å²) in [5.41, 5.74) is 0. The lowest BCUT2D eigenvalue weighted by molar-refractivity contribution is -0.155. The molecule has 0 radical (unpaired) electrons. The van der Waals surface area contributed by atoms with Crippen LogP contribution >= 0.6 is 11.6 Å². The van der Waals surface area contributed by atoms with Gasteiger partial charge in [0.2, 0.25) is 0 Å². The smallest absolute Gasteiger partial charge is 0.312 e. The lowest BCUT2D eigenvalue weighted by atomic mass is 10.3. The van der Waals surface area contributed by atoms with Gasteiger partial charge in [-0.1, -0.05) is 11.6 Å². The van der Waals surface area contributed by atoms with Crippen molar-refractivity contribution in [3.8, 4) is 0 Å². The average molecular weight is 271 g/mol. The van der Waals surface area contributed by atoms with Crippen LogP contribution in [0.5, 0.6) is 0 Å². The van der Waals surface area contributed by atoms with Crippen molar-refractivity contribution in [1.82, 2.24) is 19.6 Å². The fourth-order valence-electron chi connectivity index (χ4n) is 1.91. The highest BCUT2D eigenvalue weighted by atomic mass is 35.5. The van der Waals surface area contributed by atoms with Crippen molar-refractivity contribution in [3.05, 3.63) is 17.4 Å². The summed E-state index contributed by atoms with van der Waals surface area (Å²) < 4.78 is 1.66. The molecule has 0 bridgehead atoms. The Balaban J connectivity index is 1.91. The minimum atomic E-state index is -0.429. The summed E-state index contributed by atoms with van der Waals surface area (Å²) in [6.07, 6.45) is 3.24. The highest BCUT2D eigenvalue weighted by Gasteiger charge is 2.31. The maximum absolute atomic E-state index is 11.8. The minimum absolute atomic E-state index is 0.415. The number of carbonyl (C=O) groups is 2. The Morgan fingerprint density at radius 3 is 2.50 bits per heavy atom. The molecule has 1 saturated heterocycles. The van der Waals surface area contributed by atoms with Crippen LogP contribution in [0.1, 0.15) is 6.92 Å². The van der Waals surface area contributed by atoms with Gasteiger partial charge in [-0.05, 0) is 6.92 Å². The number of likely N-dealkylation sites (N-methyl/N-ethyl adjacent to an activating group) is 1. The third kappa shape index (κ3) is 2.64. The fourth-order valence-corrected chi connectivity index (χ4v) is 2.07. The average Bonchev–Trinajstić information content (AvgIpc) is 2.77. The first kappa shape index (κ1) is 12.9. The van der Waals surface area contributed by atoms with Crippen LogP contribution in [0.25, 0.3) is 0 Å². The summed E-state index contributed by atoms with van der Waals surface area (Å²) in [4.78, 5) is 26.6. The molecule has 1 aliphatic rings. The maximum Gasteiger partial charge on any atom is 0.312 e. The van der Waals surface area contributed by atoms with E-state index in [1.165, 1.54) is 0 Å². The zero-order valence-electron chi connectivity index (χ0n) is 10.2. The third-order valence-corrected chi connectivity index (χ3v) is 3.17. The molecule has 2 amide bonds. The molecule has 0 saturated carbocycles. The van der Waals surface area contributed by atoms with Crippen molar-refractivity contribution in [2.75, 3.05) is 26.2 Å². The van der Waals surface area contributed by atoms with E-state index in [1.54, 1.807) is 26.9 Å². The van der Waals surface area contributed by atoms with Crippen LogP contribution < -0.4 is 0 Å². The van der Waals surface area contributed by atoms with Gasteiger partial charge in [-0.2, -0.15) is 5.10 Å². The molecule has 2 heterocycles. The van der Waals surface area contributed by atoms with Gasteiger partial charge in [-0.25, -0.2) is 0 Å². The number of halogens is 1. The zero-order chi connectivity index (χ0) is 13.1. The van der Waals surface area contributed by atoms with Crippen LogP contribution in [0.15, 0.2) is 12.4 Å². The van der Waals surface area contributed by atoms with E-state index < -0.39 is 11.8 Å². The van der Waals surface area contributed by atoms with Crippen molar-refractivity contribution in [2.45, 2.75) is 13.5 Å². The van der Waals surface area contributed by atoms with Gasteiger partial charge >= 0.3 is 11.8 Å². The first-order valence-corrected chi connectivity index (χ1v) is 6.25. The molecule has 1 fully saturated rings. The Morgan fingerprint density at radius 2 is 1.89 bits per heavy atom. The first-order valence-electron chi connectivity index (χ1n) is 5.88. The summed E-state index contributed by atoms with van der Waals surface area (Å²) >= 11 is 5.75. The molecular formula is C11H15ClN4O2. The van der Waals surface area contributed by atoms with Crippen LogP contribution in [0.2, 0.25) is 5.02 Å². The second-order valence-corrected chi connectivity index (χ2v) is 4.54. The molecule has 7 heteroatoms. The molecule has 1 aliphatic heterocycles. The van der Waals surface area contributed by atoms with Crippen LogP contribution in [0.3, 0.4) is 0 Å². The fraction of sp³-hybridized carbons (Fsp3) is 0.545. The van der Waals surface area contributed by atoms with Crippen molar-refractivity contribution < 1.29 is 9.59 Å². The lowest BCUT2D eigenvalue weighted by Gasteiger charge is -2.33. The summed E-state index contributed by atoms with van der Waals surface area (Å²) in [5, 5.41) is 4.59. The predicted molar refractivity (Wildman–Crippen MR) is 66.1 cm³/mol. The van der Waals surface area contributed by atoms with Crippen LogP contribution in [0.4, 0.5) is 0 Å². The van der Waals surface area contributed by atoms with E-state index in [0.717, 1.165) is 0 Å². The van der Waals surface area contributed by atoms with E-state index in [1.807, 2.05) is 6.92 Å². The van der Waals surface area contributed by atoms with E-state index >= 15 is 0 Å². The molecule has 6 nitrogen and oxygen atoms in total. The van der Waals surface area contributed by atoms with Gasteiger partial charge < -0.3 is 9.80 Å². The van der Waals surface area contributed by atoms with E-state index in [9.17, 15) is 9.59 Å². The second kappa shape index (κ2) is 5.39. The van der Waals surface area contributed by atoms with E-state index in [2.05, 4.69) is 5.10 Å². The third-order valence-electron chi connectivity index (χ3n) is 2.98. The largest absolute Gasteiger partial charge is 0.333 e. The number of hydrogen-bond donors (Lipinski definition) is 0. The molecule has 0 aromatic carbocycles. The van der Waals surface area contributed by atoms with Crippen molar-refractivity contribution in [2.24, 2.45) is 0 Å². The number of hydrogen-bond acceptors (Lipinski definition) is 3. The predicted octanol–water partition coefficient (Wildman–Crippen LogP) is 0.227. The number of aromatic nitrogens is 2. The Labute approximate surface area is 110 Å². The van der Waals surface area contributed by atoms with Gasteiger partial charge in [0, 0.05) is 32.4 Å². The molecule has 0 spiro atoms. The zero-order valence-corrected chi connectivity index (χ0v) is 10.9. The SMILES string of the molecule is CCN1CCN(CCn2cc(Cl)cn2)C(=O)C1=O. The number of rotatable bonds is 4. The normalized spacial score (nSPS) is 16.6. The van der Waals surface area contributed by atoms with Gasteiger partial charge in [0.05, 0.1) is 17.8 Å². The van der Waals surface area contributed by atoms with Crippen LogP contribution in [-0.4, -0.2) is 57.6 Å². The molecule has 0 aliphatic carbocycles. The first-order chi connectivity index (χ1) is 8.61. The highest BCUT2D eigenvalue weighted by molar-refractivity contribution is 6.35. The minimum Gasteiger partial charge on any atom is -0.333 e. The Kier molecular flexibility index (Phi) is 3.86. The van der Waals surface area contributed by atoms with Gasteiger partial charge in [0.1, 0.15) is 0 Å². The molecular weight excluding hydrogens is 256 g/mol. The molecule has 18 heavy (non-hydrogen) atoms. The van der Waals surface area contributed by atoms with E-state index in [-0.39, 0.29) is 0 Å². The molecule has 98 valence electrons. The van der Waals surface area contributed by atoms with Crippen molar-refractivity contribution >= 4 is 23.4 Å². The molecule has 1 aromatic rings. The van der Waals surface area contributed by atoms with E-state index in [4.69, 9.17) is 11.6 Å². The molecule has 0 N–H and O–H groups in total.